The van der Waals surface area contributed by atoms with Crippen molar-refractivity contribution in [2.24, 2.45) is 0 Å². The lowest BCUT2D eigenvalue weighted by Gasteiger charge is -2.29. The van der Waals surface area contributed by atoms with Crippen LogP contribution in [0.3, 0.4) is 0 Å². The lowest BCUT2D eigenvalue weighted by atomic mass is 9.91. The van der Waals surface area contributed by atoms with Crippen molar-refractivity contribution in [2.45, 2.75) is 31.4 Å². The minimum absolute atomic E-state index is 0.0903. The van der Waals surface area contributed by atoms with Crippen LogP contribution < -0.4 is 5.32 Å². The van der Waals surface area contributed by atoms with Crippen molar-refractivity contribution < 1.29 is 18.7 Å². The van der Waals surface area contributed by atoms with Gasteiger partial charge in [-0.05, 0) is 37.5 Å². The Balaban J connectivity index is 2.18. The molecule has 4 nitrogen and oxygen atoms in total. The maximum Gasteiger partial charge on any atom is 0.330 e. The van der Waals surface area contributed by atoms with Crippen LogP contribution in [0, 0.1) is 5.82 Å². The molecule has 0 aliphatic carbocycles. The number of rotatable bonds is 5. The molecule has 5 heteroatoms. The third kappa shape index (κ3) is 3.16. The van der Waals surface area contributed by atoms with Crippen molar-refractivity contribution in [3.63, 3.8) is 0 Å². The smallest absolute Gasteiger partial charge is 0.330 e. The molecule has 1 fully saturated rings. The Hall–Kier alpha value is -1.46. The molecule has 0 aromatic heterocycles. The van der Waals surface area contributed by atoms with Gasteiger partial charge in [0.1, 0.15) is 11.4 Å². The molecule has 1 aliphatic rings. The van der Waals surface area contributed by atoms with E-state index in [1.54, 1.807) is 19.1 Å². The summed E-state index contributed by atoms with van der Waals surface area (Å²) in [4.78, 5) is 12.1. The second kappa shape index (κ2) is 6.33. The summed E-state index contributed by atoms with van der Waals surface area (Å²) in [6.45, 7) is 2.98. The number of esters is 1. The highest BCUT2D eigenvalue weighted by atomic mass is 19.1. The number of halogens is 1. The lowest BCUT2D eigenvalue weighted by molar-refractivity contribution is -0.148. The van der Waals surface area contributed by atoms with Gasteiger partial charge in [-0.1, -0.05) is 12.1 Å². The molecule has 0 amide bonds. The van der Waals surface area contributed by atoms with Crippen LogP contribution >= 0.6 is 0 Å². The van der Waals surface area contributed by atoms with Crippen LogP contribution in [0.15, 0.2) is 24.3 Å². The van der Waals surface area contributed by atoms with E-state index in [9.17, 15) is 9.18 Å². The normalized spacial score (nSPS) is 21.4. The summed E-state index contributed by atoms with van der Waals surface area (Å²) in [6, 6.07) is 5.99. The fourth-order valence-corrected chi connectivity index (χ4v) is 2.42. The minimum atomic E-state index is -1.08. The highest BCUT2D eigenvalue weighted by Crippen LogP contribution is 2.24. The molecular formula is C15H20FNO3. The summed E-state index contributed by atoms with van der Waals surface area (Å²) < 4.78 is 23.8. The van der Waals surface area contributed by atoms with Crippen molar-refractivity contribution in [1.82, 2.24) is 5.32 Å². The third-order valence-corrected chi connectivity index (χ3v) is 3.70. The van der Waals surface area contributed by atoms with Crippen molar-refractivity contribution in [3.8, 4) is 0 Å². The van der Waals surface area contributed by atoms with Gasteiger partial charge in [0, 0.05) is 13.2 Å². The van der Waals surface area contributed by atoms with Crippen molar-refractivity contribution in [1.29, 1.82) is 0 Å². The first-order valence-electron chi connectivity index (χ1n) is 6.77. The quantitative estimate of drug-likeness (QED) is 0.838. The maximum absolute atomic E-state index is 13.4. The molecule has 2 rings (SSSR count). The number of hydrogen-bond acceptors (Lipinski definition) is 4. The Morgan fingerprint density at radius 2 is 2.40 bits per heavy atom. The SMILES string of the molecule is COC(=O)C(C)(NCC1CCCO1)c1cccc(F)c1. The molecule has 110 valence electrons. The van der Waals surface area contributed by atoms with Gasteiger partial charge in [0.25, 0.3) is 0 Å². The topological polar surface area (TPSA) is 47.6 Å². The highest BCUT2D eigenvalue weighted by molar-refractivity contribution is 5.82. The van der Waals surface area contributed by atoms with Crippen LogP contribution in [-0.4, -0.2) is 32.3 Å². The van der Waals surface area contributed by atoms with E-state index in [-0.39, 0.29) is 11.9 Å². The predicted molar refractivity (Wildman–Crippen MR) is 72.7 cm³/mol. The standard InChI is InChI=1S/C15H20FNO3/c1-15(14(18)19-2,11-5-3-6-12(16)9-11)17-10-13-7-4-8-20-13/h3,5-6,9,13,17H,4,7-8,10H2,1-2H3. The number of nitrogens with one attached hydrogen (secondary N) is 1. The van der Waals surface area contributed by atoms with E-state index < -0.39 is 11.5 Å². The fraction of sp³-hybridized carbons (Fsp3) is 0.533. The van der Waals surface area contributed by atoms with Gasteiger partial charge in [0.2, 0.25) is 0 Å². The molecule has 1 heterocycles. The van der Waals surface area contributed by atoms with E-state index in [0.717, 1.165) is 19.4 Å². The first-order valence-corrected chi connectivity index (χ1v) is 6.77. The zero-order valence-corrected chi connectivity index (χ0v) is 11.8. The third-order valence-electron chi connectivity index (χ3n) is 3.70. The molecule has 1 saturated heterocycles. The Morgan fingerprint density at radius 3 is 3.00 bits per heavy atom. The van der Waals surface area contributed by atoms with Crippen molar-refractivity contribution in [3.05, 3.63) is 35.6 Å². The van der Waals surface area contributed by atoms with E-state index in [4.69, 9.17) is 9.47 Å². The average molecular weight is 281 g/mol. The Bertz CT molecular complexity index is 474. The van der Waals surface area contributed by atoms with Crippen LogP contribution in [0.5, 0.6) is 0 Å². The highest BCUT2D eigenvalue weighted by Gasteiger charge is 2.37. The van der Waals surface area contributed by atoms with Gasteiger partial charge in [0.05, 0.1) is 13.2 Å². The number of benzene rings is 1. The molecule has 1 aliphatic heterocycles. The van der Waals surface area contributed by atoms with Crippen LogP contribution in [0.2, 0.25) is 0 Å². The second-order valence-corrected chi connectivity index (χ2v) is 5.14. The van der Waals surface area contributed by atoms with Gasteiger partial charge in [0.15, 0.2) is 0 Å². The minimum Gasteiger partial charge on any atom is -0.467 e. The molecule has 1 N–H and O–H groups in total. The molecular weight excluding hydrogens is 261 g/mol. The van der Waals surface area contributed by atoms with Gasteiger partial charge in [-0.2, -0.15) is 0 Å². The van der Waals surface area contributed by atoms with Gasteiger partial charge in [-0.15, -0.1) is 0 Å². The Morgan fingerprint density at radius 1 is 1.60 bits per heavy atom. The van der Waals surface area contributed by atoms with Gasteiger partial charge in [-0.25, -0.2) is 9.18 Å². The molecule has 0 radical (unpaired) electrons. The summed E-state index contributed by atoms with van der Waals surface area (Å²) in [5.74, 6) is -0.822. The molecule has 2 unspecified atom stereocenters. The van der Waals surface area contributed by atoms with Crippen molar-refractivity contribution >= 4 is 5.97 Å². The molecule has 20 heavy (non-hydrogen) atoms. The average Bonchev–Trinajstić information content (AvgIpc) is 2.97. The van der Waals surface area contributed by atoms with E-state index in [0.29, 0.717) is 12.1 Å². The monoisotopic (exact) mass is 281 g/mol. The van der Waals surface area contributed by atoms with Crippen LogP contribution in [-0.2, 0) is 19.8 Å². The van der Waals surface area contributed by atoms with Crippen molar-refractivity contribution in [2.75, 3.05) is 20.3 Å². The Kier molecular flexibility index (Phi) is 4.73. The zero-order chi connectivity index (χ0) is 14.6. The predicted octanol–water partition coefficient (Wildman–Crippen LogP) is 1.98. The molecule has 0 saturated carbocycles. The van der Waals surface area contributed by atoms with Crippen LogP contribution in [0.25, 0.3) is 0 Å². The van der Waals surface area contributed by atoms with Gasteiger partial charge < -0.3 is 9.47 Å². The molecule has 2 atom stereocenters. The fourth-order valence-electron chi connectivity index (χ4n) is 2.42. The number of methoxy groups -OCH3 is 1. The van der Waals surface area contributed by atoms with Crippen LogP contribution in [0.1, 0.15) is 25.3 Å². The van der Waals surface area contributed by atoms with E-state index in [2.05, 4.69) is 5.32 Å². The molecule has 0 spiro atoms. The Labute approximate surface area is 118 Å². The summed E-state index contributed by atoms with van der Waals surface area (Å²) >= 11 is 0. The second-order valence-electron chi connectivity index (χ2n) is 5.14. The number of carbonyl (C=O) groups excluding carboxylic acids is 1. The van der Waals surface area contributed by atoms with Crippen LogP contribution in [0.4, 0.5) is 4.39 Å². The first kappa shape index (κ1) is 14.9. The van der Waals surface area contributed by atoms with E-state index in [1.807, 2.05) is 0 Å². The molecule has 1 aromatic rings. The summed E-state index contributed by atoms with van der Waals surface area (Å²) in [6.07, 6.45) is 2.09. The first-order chi connectivity index (χ1) is 9.56. The lowest BCUT2D eigenvalue weighted by Crippen LogP contribution is -2.49. The molecule has 1 aromatic carbocycles. The summed E-state index contributed by atoms with van der Waals surface area (Å²) in [5, 5.41) is 3.17. The molecule has 0 bridgehead atoms. The van der Waals surface area contributed by atoms with Gasteiger partial charge in [-0.3, -0.25) is 5.32 Å². The maximum atomic E-state index is 13.4. The van der Waals surface area contributed by atoms with E-state index >= 15 is 0 Å². The zero-order valence-electron chi connectivity index (χ0n) is 11.8. The largest absolute Gasteiger partial charge is 0.467 e. The summed E-state index contributed by atoms with van der Waals surface area (Å²) in [7, 11) is 1.33. The van der Waals surface area contributed by atoms with Gasteiger partial charge >= 0.3 is 5.97 Å². The number of ether oxygens (including phenoxy) is 2. The number of hydrogen-bond donors (Lipinski definition) is 1. The summed E-state index contributed by atoms with van der Waals surface area (Å²) in [5.41, 5.74) is -0.537. The number of carbonyl (C=O) groups is 1. The van der Waals surface area contributed by atoms with E-state index in [1.165, 1.54) is 19.2 Å².